The zero-order chi connectivity index (χ0) is 14.7. The van der Waals surface area contributed by atoms with E-state index in [1.54, 1.807) is 12.4 Å². The molecule has 6 nitrogen and oxygen atoms in total. The summed E-state index contributed by atoms with van der Waals surface area (Å²) in [4.78, 5) is 17.7. The molecule has 112 valence electrons. The fourth-order valence-electron chi connectivity index (χ4n) is 2.90. The average molecular weight is 287 g/mol. The van der Waals surface area contributed by atoms with Gasteiger partial charge in [0.05, 0.1) is 6.61 Å². The van der Waals surface area contributed by atoms with E-state index in [0.717, 1.165) is 43.8 Å². The molecular weight excluding hydrogens is 266 g/mol. The Morgan fingerprint density at radius 2 is 2.00 bits per heavy atom. The van der Waals surface area contributed by atoms with E-state index in [9.17, 15) is 0 Å². The van der Waals surface area contributed by atoms with E-state index in [0.29, 0.717) is 11.7 Å². The minimum Gasteiger partial charge on any atom is -0.395 e. The van der Waals surface area contributed by atoms with Crippen molar-refractivity contribution in [3.63, 3.8) is 0 Å². The molecule has 1 saturated heterocycles. The summed E-state index contributed by atoms with van der Waals surface area (Å²) >= 11 is 0. The Bertz CT molecular complexity index is 597. The van der Waals surface area contributed by atoms with Crippen LogP contribution in [0.4, 0.5) is 5.82 Å². The summed E-state index contributed by atoms with van der Waals surface area (Å²) in [7, 11) is 2.08. The SMILES string of the molecule is CN(CCO)C1CCN(c2ccc3nccnc3n2)CC1. The van der Waals surface area contributed by atoms with Crippen LogP contribution >= 0.6 is 0 Å². The molecule has 0 aliphatic carbocycles. The van der Waals surface area contributed by atoms with Gasteiger partial charge in [0, 0.05) is 38.1 Å². The summed E-state index contributed by atoms with van der Waals surface area (Å²) in [6.45, 7) is 2.94. The largest absolute Gasteiger partial charge is 0.395 e. The van der Waals surface area contributed by atoms with Crippen molar-refractivity contribution in [2.75, 3.05) is 38.2 Å². The number of nitrogens with zero attached hydrogens (tertiary/aromatic N) is 5. The second-order valence-corrected chi connectivity index (χ2v) is 5.49. The first-order chi connectivity index (χ1) is 10.3. The number of pyridine rings is 1. The van der Waals surface area contributed by atoms with Gasteiger partial charge in [-0.1, -0.05) is 0 Å². The molecule has 2 aromatic rings. The van der Waals surface area contributed by atoms with Crippen LogP contribution in [0.1, 0.15) is 12.8 Å². The van der Waals surface area contributed by atoms with Gasteiger partial charge in [0.1, 0.15) is 11.3 Å². The van der Waals surface area contributed by atoms with Gasteiger partial charge in [-0.3, -0.25) is 4.98 Å². The second kappa shape index (κ2) is 6.32. The van der Waals surface area contributed by atoms with E-state index in [2.05, 4.69) is 31.8 Å². The van der Waals surface area contributed by atoms with Gasteiger partial charge in [0.2, 0.25) is 0 Å². The molecule has 21 heavy (non-hydrogen) atoms. The van der Waals surface area contributed by atoms with Crippen LogP contribution < -0.4 is 4.90 Å². The van der Waals surface area contributed by atoms with Crippen LogP contribution in [-0.4, -0.2) is 64.3 Å². The molecule has 1 aliphatic rings. The molecule has 0 aromatic carbocycles. The Labute approximate surface area is 124 Å². The number of hydrogen-bond donors (Lipinski definition) is 1. The van der Waals surface area contributed by atoms with Crippen molar-refractivity contribution in [1.29, 1.82) is 0 Å². The summed E-state index contributed by atoms with van der Waals surface area (Å²) in [5, 5.41) is 9.02. The number of fused-ring (bicyclic) bond motifs is 1. The van der Waals surface area contributed by atoms with Gasteiger partial charge in [-0.2, -0.15) is 0 Å². The van der Waals surface area contributed by atoms with Crippen LogP contribution in [0.15, 0.2) is 24.5 Å². The predicted molar refractivity (Wildman–Crippen MR) is 82.3 cm³/mol. The summed E-state index contributed by atoms with van der Waals surface area (Å²) < 4.78 is 0. The first-order valence-electron chi connectivity index (χ1n) is 7.42. The van der Waals surface area contributed by atoms with Crippen LogP contribution in [0, 0.1) is 0 Å². The van der Waals surface area contributed by atoms with Crippen molar-refractivity contribution in [3.8, 4) is 0 Å². The molecule has 3 heterocycles. The van der Waals surface area contributed by atoms with Crippen LogP contribution in [0.25, 0.3) is 11.2 Å². The number of aliphatic hydroxyl groups excluding tert-OH is 1. The van der Waals surface area contributed by atoms with E-state index < -0.39 is 0 Å². The summed E-state index contributed by atoms with van der Waals surface area (Å²) in [5.74, 6) is 0.978. The molecule has 0 unspecified atom stereocenters. The minimum atomic E-state index is 0.224. The third kappa shape index (κ3) is 3.11. The molecule has 0 bridgehead atoms. The van der Waals surface area contributed by atoms with Crippen molar-refractivity contribution in [3.05, 3.63) is 24.5 Å². The lowest BCUT2D eigenvalue weighted by molar-refractivity contribution is 0.161. The third-order valence-corrected chi connectivity index (χ3v) is 4.18. The molecule has 0 spiro atoms. The van der Waals surface area contributed by atoms with Crippen molar-refractivity contribution in [1.82, 2.24) is 19.9 Å². The Hall–Kier alpha value is -1.79. The smallest absolute Gasteiger partial charge is 0.180 e. The zero-order valence-electron chi connectivity index (χ0n) is 12.3. The lowest BCUT2D eigenvalue weighted by Crippen LogP contribution is -2.44. The fourth-order valence-corrected chi connectivity index (χ4v) is 2.90. The van der Waals surface area contributed by atoms with Gasteiger partial charge in [-0.05, 0) is 32.0 Å². The minimum absolute atomic E-state index is 0.224. The van der Waals surface area contributed by atoms with Crippen LogP contribution in [-0.2, 0) is 0 Å². The van der Waals surface area contributed by atoms with Gasteiger partial charge in [0.25, 0.3) is 0 Å². The molecule has 1 aliphatic heterocycles. The Kier molecular flexibility index (Phi) is 4.26. The molecule has 0 radical (unpaired) electrons. The number of piperidine rings is 1. The highest BCUT2D eigenvalue weighted by Crippen LogP contribution is 2.21. The van der Waals surface area contributed by atoms with E-state index >= 15 is 0 Å². The van der Waals surface area contributed by atoms with E-state index in [1.807, 2.05) is 12.1 Å². The Morgan fingerprint density at radius 3 is 2.76 bits per heavy atom. The van der Waals surface area contributed by atoms with Crippen LogP contribution in [0.5, 0.6) is 0 Å². The molecule has 6 heteroatoms. The monoisotopic (exact) mass is 287 g/mol. The summed E-state index contributed by atoms with van der Waals surface area (Å²) in [5.41, 5.74) is 1.54. The van der Waals surface area contributed by atoms with Crippen molar-refractivity contribution in [2.24, 2.45) is 0 Å². The van der Waals surface area contributed by atoms with E-state index in [-0.39, 0.29) is 6.61 Å². The maximum Gasteiger partial charge on any atom is 0.180 e. The number of aliphatic hydroxyl groups is 1. The molecule has 1 N–H and O–H groups in total. The molecule has 3 rings (SSSR count). The highest BCUT2D eigenvalue weighted by Gasteiger charge is 2.23. The summed E-state index contributed by atoms with van der Waals surface area (Å²) in [6, 6.07) is 4.55. The van der Waals surface area contributed by atoms with Gasteiger partial charge in [-0.15, -0.1) is 0 Å². The first-order valence-corrected chi connectivity index (χ1v) is 7.42. The van der Waals surface area contributed by atoms with Gasteiger partial charge in [0.15, 0.2) is 5.65 Å². The zero-order valence-corrected chi connectivity index (χ0v) is 12.3. The van der Waals surface area contributed by atoms with Gasteiger partial charge >= 0.3 is 0 Å². The quantitative estimate of drug-likeness (QED) is 0.902. The maximum absolute atomic E-state index is 9.02. The number of likely N-dealkylation sites (N-methyl/N-ethyl adjacent to an activating group) is 1. The van der Waals surface area contributed by atoms with Crippen molar-refractivity contribution in [2.45, 2.75) is 18.9 Å². The molecular formula is C15H21N5O. The standard InChI is InChI=1S/C15H21N5O/c1-19(10-11-21)12-4-8-20(9-5-12)14-3-2-13-15(18-14)17-7-6-16-13/h2-3,6-7,12,21H,4-5,8-11H2,1H3. The second-order valence-electron chi connectivity index (χ2n) is 5.49. The van der Waals surface area contributed by atoms with E-state index in [4.69, 9.17) is 5.11 Å². The van der Waals surface area contributed by atoms with Gasteiger partial charge in [-0.25, -0.2) is 9.97 Å². The predicted octanol–water partition coefficient (Wildman–Crippen LogP) is 0.918. The normalized spacial score (nSPS) is 16.8. The van der Waals surface area contributed by atoms with Crippen LogP contribution in [0.3, 0.4) is 0 Å². The summed E-state index contributed by atoms with van der Waals surface area (Å²) in [6.07, 6.45) is 5.55. The van der Waals surface area contributed by atoms with Gasteiger partial charge < -0.3 is 14.9 Å². The first kappa shape index (κ1) is 14.2. The fraction of sp³-hybridized carbons (Fsp3) is 0.533. The molecule has 0 atom stereocenters. The maximum atomic E-state index is 9.02. The number of hydrogen-bond acceptors (Lipinski definition) is 6. The highest BCUT2D eigenvalue weighted by molar-refractivity contribution is 5.71. The molecule has 2 aromatic heterocycles. The van der Waals surface area contributed by atoms with Crippen LogP contribution in [0.2, 0.25) is 0 Å². The molecule has 1 fully saturated rings. The number of anilines is 1. The van der Waals surface area contributed by atoms with E-state index in [1.165, 1.54) is 0 Å². The lowest BCUT2D eigenvalue weighted by atomic mass is 10.0. The van der Waals surface area contributed by atoms with Crippen molar-refractivity contribution < 1.29 is 5.11 Å². The molecule has 0 saturated carbocycles. The Balaban J connectivity index is 1.68. The Morgan fingerprint density at radius 1 is 1.24 bits per heavy atom. The number of aromatic nitrogens is 3. The average Bonchev–Trinajstić information content (AvgIpc) is 2.55. The topological polar surface area (TPSA) is 65.4 Å². The number of rotatable bonds is 4. The highest BCUT2D eigenvalue weighted by atomic mass is 16.3. The lowest BCUT2D eigenvalue weighted by Gasteiger charge is -2.37. The third-order valence-electron chi connectivity index (χ3n) is 4.18. The molecule has 0 amide bonds. The van der Waals surface area contributed by atoms with Crippen molar-refractivity contribution >= 4 is 17.0 Å².